The molecule has 0 aliphatic rings. The van der Waals surface area contributed by atoms with E-state index in [0.717, 1.165) is 5.69 Å². The van der Waals surface area contributed by atoms with Crippen LogP contribution in [0.2, 0.25) is 0 Å². The first-order chi connectivity index (χ1) is 8.47. The summed E-state index contributed by atoms with van der Waals surface area (Å²) < 4.78 is 5.08. The third kappa shape index (κ3) is 2.34. The minimum atomic E-state index is -1.22. The fourth-order valence-electron chi connectivity index (χ4n) is 1.80. The van der Waals surface area contributed by atoms with Gasteiger partial charge in [0, 0.05) is 49.7 Å². The Balaban J connectivity index is 2.66. The molecule has 5 heteroatoms. The van der Waals surface area contributed by atoms with Crippen molar-refractivity contribution in [1.29, 1.82) is 0 Å². The lowest BCUT2D eigenvalue weighted by atomic mass is 10.1. The first-order valence-corrected chi connectivity index (χ1v) is 5.41. The topological polar surface area (TPSA) is 73.6 Å². The Hall–Kier alpha value is -2.30. The van der Waals surface area contributed by atoms with E-state index in [4.69, 9.17) is 4.42 Å². The van der Waals surface area contributed by atoms with Gasteiger partial charge < -0.3 is 19.2 Å². The number of anilines is 1. The van der Waals surface area contributed by atoms with Gasteiger partial charge in [-0.2, -0.15) is 0 Å². The molecular formula is C13H12NO4-. The number of fused-ring (bicyclic) bond motifs is 1. The van der Waals surface area contributed by atoms with Crippen molar-refractivity contribution in [2.45, 2.75) is 6.42 Å². The zero-order valence-electron chi connectivity index (χ0n) is 10.1. The van der Waals surface area contributed by atoms with Gasteiger partial charge in [-0.1, -0.05) is 0 Å². The van der Waals surface area contributed by atoms with Crippen molar-refractivity contribution < 1.29 is 14.3 Å². The molecule has 5 nitrogen and oxygen atoms in total. The highest BCUT2D eigenvalue weighted by atomic mass is 16.4. The Morgan fingerprint density at radius 3 is 2.67 bits per heavy atom. The normalized spacial score (nSPS) is 10.6. The molecule has 0 aliphatic carbocycles. The molecule has 1 aromatic carbocycles. The van der Waals surface area contributed by atoms with E-state index in [1.807, 2.05) is 25.1 Å². The zero-order chi connectivity index (χ0) is 13.3. The van der Waals surface area contributed by atoms with Crippen molar-refractivity contribution >= 4 is 22.6 Å². The molecule has 2 aromatic rings. The van der Waals surface area contributed by atoms with Gasteiger partial charge in [-0.25, -0.2) is 4.79 Å². The van der Waals surface area contributed by atoms with E-state index in [2.05, 4.69) is 0 Å². The Kier molecular flexibility index (Phi) is 3.06. The second-order valence-corrected chi connectivity index (χ2v) is 4.21. The van der Waals surface area contributed by atoms with Crippen molar-refractivity contribution in [2.24, 2.45) is 0 Å². The van der Waals surface area contributed by atoms with E-state index >= 15 is 0 Å². The van der Waals surface area contributed by atoms with Gasteiger partial charge in [-0.15, -0.1) is 0 Å². The predicted octanol–water partition coefficient (Wildman–Crippen LogP) is 0.151. The van der Waals surface area contributed by atoms with Gasteiger partial charge in [0.05, 0.1) is 0 Å². The Morgan fingerprint density at radius 1 is 1.33 bits per heavy atom. The molecule has 0 unspecified atom stereocenters. The van der Waals surface area contributed by atoms with Crippen LogP contribution in [0.4, 0.5) is 5.69 Å². The second kappa shape index (κ2) is 4.52. The number of aliphatic carboxylic acids is 1. The standard InChI is InChI=1S/C13H13NO4/c1-14(2)9-3-4-10-8(5-12(15)16)6-13(17)18-11(10)7-9/h3-4,6-7H,5H2,1-2H3,(H,15,16)/p-1. The van der Waals surface area contributed by atoms with E-state index in [1.54, 1.807) is 12.1 Å². The quantitative estimate of drug-likeness (QED) is 0.721. The van der Waals surface area contributed by atoms with Gasteiger partial charge in [-0.05, 0) is 17.7 Å². The molecule has 0 saturated heterocycles. The molecule has 1 aromatic heterocycles. The molecule has 0 radical (unpaired) electrons. The monoisotopic (exact) mass is 246 g/mol. The molecule has 94 valence electrons. The maximum absolute atomic E-state index is 11.4. The van der Waals surface area contributed by atoms with Crippen LogP contribution in [-0.2, 0) is 11.2 Å². The molecule has 0 amide bonds. The molecule has 0 atom stereocenters. The zero-order valence-corrected chi connectivity index (χ0v) is 10.1. The molecular weight excluding hydrogens is 234 g/mol. The maximum Gasteiger partial charge on any atom is 0.336 e. The van der Waals surface area contributed by atoms with Gasteiger partial charge in [0.1, 0.15) is 5.58 Å². The van der Waals surface area contributed by atoms with Gasteiger partial charge in [0.15, 0.2) is 0 Å². The van der Waals surface area contributed by atoms with Crippen LogP contribution in [-0.4, -0.2) is 20.1 Å². The first kappa shape index (κ1) is 12.2. The van der Waals surface area contributed by atoms with Crippen LogP contribution in [0.5, 0.6) is 0 Å². The summed E-state index contributed by atoms with van der Waals surface area (Å²) in [5.41, 5.74) is 1.10. The Bertz CT molecular complexity index is 658. The summed E-state index contributed by atoms with van der Waals surface area (Å²) in [5, 5.41) is 11.3. The number of hydrogen-bond acceptors (Lipinski definition) is 5. The number of rotatable bonds is 3. The summed E-state index contributed by atoms with van der Waals surface area (Å²) in [6.45, 7) is 0. The summed E-state index contributed by atoms with van der Waals surface area (Å²) in [7, 11) is 3.73. The third-order valence-electron chi connectivity index (χ3n) is 2.66. The molecule has 0 aliphatic heterocycles. The lowest BCUT2D eigenvalue weighted by Crippen LogP contribution is -2.25. The van der Waals surface area contributed by atoms with E-state index in [-0.39, 0.29) is 6.42 Å². The van der Waals surface area contributed by atoms with Crippen LogP contribution >= 0.6 is 0 Å². The minimum Gasteiger partial charge on any atom is -0.550 e. The lowest BCUT2D eigenvalue weighted by Gasteiger charge is -2.13. The van der Waals surface area contributed by atoms with Gasteiger partial charge in [-0.3, -0.25) is 0 Å². The molecule has 0 spiro atoms. The Labute approximate surface area is 103 Å². The number of carbonyl (C=O) groups is 1. The molecule has 0 saturated carbocycles. The van der Waals surface area contributed by atoms with Crippen LogP contribution in [0.1, 0.15) is 5.56 Å². The molecule has 1 heterocycles. The van der Waals surface area contributed by atoms with Crippen molar-refractivity contribution in [1.82, 2.24) is 0 Å². The number of carbonyl (C=O) groups excluding carboxylic acids is 1. The van der Waals surface area contributed by atoms with Crippen molar-refractivity contribution in [2.75, 3.05) is 19.0 Å². The van der Waals surface area contributed by atoms with Gasteiger partial charge in [0.25, 0.3) is 0 Å². The molecule has 0 bridgehead atoms. The number of nitrogens with zero attached hydrogens (tertiary/aromatic N) is 1. The van der Waals surface area contributed by atoms with Gasteiger partial charge >= 0.3 is 5.63 Å². The largest absolute Gasteiger partial charge is 0.550 e. The fourth-order valence-corrected chi connectivity index (χ4v) is 1.80. The fraction of sp³-hybridized carbons (Fsp3) is 0.231. The molecule has 0 N–H and O–H groups in total. The summed E-state index contributed by atoms with van der Waals surface area (Å²) in [5.74, 6) is -1.22. The summed E-state index contributed by atoms with van der Waals surface area (Å²) in [6, 6.07) is 6.47. The average molecular weight is 246 g/mol. The van der Waals surface area contributed by atoms with Crippen molar-refractivity contribution in [3.05, 3.63) is 40.2 Å². The van der Waals surface area contributed by atoms with Crippen LogP contribution in [0, 0.1) is 0 Å². The van der Waals surface area contributed by atoms with Crippen LogP contribution < -0.4 is 15.6 Å². The number of carboxylic acids is 1. The molecule has 2 rings (SSSR count). The first-order valence-electron chi connectivity index (χ1n) is 5.41. The third-order valence-corrected chi connectivity index (χ3v) is 2.66. The molecule has 0 fully saturated rings. The molecule has 18 heavy (non-hydrogen) atoms. The summed E-state index contributed by atoms with van der Waals surface area (Å²) in [6.07, 6.45) is -0.302. The van der Waals surface area contributed by atoms with Crippen LogP contribution in [0.25, 0.3) is 11.0 Å². The number of hydrogen-bond donors (Lipinski definition) is 0. The summed E-state index contributed by atoms with van der Waals surface area (Å²) in [4.78, 5) is 23.9. The smallest absolute Gasteiger partial charge is 0.336 e. The van der Waals surface area contributed by atoms with Crippen LogP contribution in [0.3, 0.4) is 0 Å². The highest BCUT2D eigenvalue weighted by molar-refractivity contribution is 5.86. The van der Waals surface area contributed by atoms with Crippen molar-refractivity contribution in [3.8, 4) is 0 Å². The minimum absolute atomic E-state index is 0.302. The SMILES string of the molecule is CN(C)c1ccc2c(CC(=O)[O-])cc(=O)oc2c1. The number of benzene rings is 1. The maximum atomic E-state index is 11.4. The lowest BCUT2D eigenvalue weighted by molar-refractivity contribution is -0.304. The van der Waals surface area contributed by atoms with E-state index in [0.29, 0.717) is 16.5 Å². The highest BCUT2D eigenvalue weighted by Crippen LogP contribution is 2.22. The Morgan fingerprint density at radius 2 is 2.06 bits per heavy atom. The van der Waals surface area contributed by atoms with E-state index in [9.17, 15) is 14.7 Å². The average Bonchev–Trinajstić information content (AvgIpc) is 2.26. The van der Waals surface area contributed by atoms with Gasteiger partial charge in [0.2, 0.25) is 0 Å². The second-order valence-electron chi connectivity index (χ2n) is 4.21. The number of carboxylic acid groups (broad SMARTS) is 1. The van der Waals surface area contributed by atoms with Crippen LogP contribution in [0.15, 0.2) is 33.5 Å². The predicted molar refractivity (Wildman–Crippen MR) is 65.5 cm³/mol. The van der Waals surface area contributed by atoms with E-state index in [1.165, 1.54) is 6.07 Å². The van der Waals surface area contributed by atoms with E-state index < -0.39 is 11.6 Å². The summed E-state index contributed by atoms with van der Waals surface area (Å²) >= 11 is 0. The van der Waals surface area contributed by atoms with Crippen molar-refractivity contribution in [3.63, 3.8) is 0 Å². The highest BCUT2D eigenvalue weighted by Gasteiger charge is 2.07.